The Labute approximate surface area is 119 Å². The average molecular weight is 279 g/mol. The van der Waals surface area contributed by atoms with Gasteiger partial charge < -0.3 is 0 Å². The number of fused-ring (bicyclic) bond motifs is 1. The molecular weight excluding hydrogens is 270 g/mol. The SMILES string of the molecule is O=[N+]([O-])c1ccccc1C#Cc1cc2ccccc2s1. The van der Waals surface area contributed by atoms with E-state index in [4.69, 9.17) is 0 Å². The van der Waals surface area contributed by atoms with Crippen LogP contribution in [0.4, 0.5) is 5.69 Å². The highest BCUT2D eigenvalue weighted by molar-refractivity contribution is 7.19. The molecule has 0 saturated carbocycles. The third kappa shape index (κ3) is 2.40. The Morgan fingerprint density at radius 1 is 1.00 bits per heavy atom. The van der Waals surface area contributed by atoms with Gasteiger partial charge in [-0.2, -0.15) is 0 Å². The van der Waals surface area contributed by atoms with E-state index in [1.54, 1.807) is 29.5 Å². The first-order valence-corrected chi connectivity index (χ1v) is 6.80. The van der Waals surface area contributed by atoms with Gasteiger partial charge in [0, 0.05) is 10.8 Å². The van der Waals surface area contributed by atoms with Gasteiger partial charge in [0.05, 0.1) is 9.80 Å². The molecule has 4 heteroatoms. The molecule has 3 rings (SSSR count). The Hall–Kier alpha value is -2.64. The van der Waals surface area contributed by atoms with E-state index in [-0.39, 0.29) is 5.69 Å². The first-order chi connectivity index (χ1) is 9.74. The predicted molar refractivity (Wildman–Crippen MR) is 80.9 cm³/mol. The Morgan fingerprint density at radius 2 is 1.75 bits per heavy atom. The molecule has 0 N–H and O–H groups in total. The van der Waals surface area contributed by atoms with Gasteiger partial charge in [0.1, 0.15) is 5.56 Å². The summed E-state index contributed by atoms with van der Waals surface area (Å²) in [5.41, 5.74) is 0.482. The average Bonchev–Trinajstić information content (AvgIpc) is 2.88. The van der Waals surface area contributed by atoms with E-state index in [0.717, 1.165) is 10.3 Å². The number of rotatable bonds is 1. The maximum absolute atomic E-state index is 10.9. The van der Waals surface area contributed by atoms with E-state index >= 15 is 0 Å². The first-order valence-electron chi connectivity index (χ1n) is 5.98. The van der Waals surface area contributed by atoms with Crippen LogP contribution in [0.1, 0.15) is 10.4 Å². The molecular formula is C16H9NO2S. The minimum atomic E-state index is -0.408. The second kappa shape index (κ2) is 5.16. The van der Waals surface area contributed by atoms with Crippen molar-refractivity contribution in [3.63, 3.8) is 0 Å². The van der Waals surface area contributed by atoms with Crippen molar-refractivity contribution in [3.8, 4) is 11.8 Å². The maximum atomic E-state index is 10.9. The molecule has 0 radical (unpaired) electrons. The molecule has 0 aliphatic rings. The third-order valence-corrected chi connectivity index (χ3v) is 3.88. The normalized spacial score (nSPS) is 10.0. The highest BCUT2D eigenvalue weighted by atomic mass is 32.1. The molecule has 20 heavy (non-hydrogen) atoms. The van der Waals surface area contributed by atoms with Crippen LogP contribution in [0.25, 0.3) is 10.1 Å². The van der Waals surface area contributed by atoms with Crippen LogP contribution in [0, 0.1) is 22.0 Å². The monoisotopic (exact) mass is 279 g/mol. The van der Waals surface area contributed by atoms with E-state index in [9.17, 15) is 10.1 Å². The largest absolute Gasteiger partial charge is 0.284 e. The van der Waals surface area contributed by atoms with Crippen LogP contribution in [0.15, 0.2) is 54.6 Å². The van der Waals surface area contributed by atoms with Crippen LogP contribution in [-0.4, -0.2) is 4.92 Å². The lowest BCUT2D eigenvalue weighted by atomic mass is 10.2. The van der Waals surface area contributed by atoms with Gasteiger partial charge in [-0.1, -0.05) is 42.2 Å². The van der Waals surface area contributed by atoms with Crippen LogP contribution in [0.2, 0.25) is 0 Å². The third-order valence-electron chi connectivity index (χ3n) is 2.85. The summed E-state index contributed by atoms with van der Waals surface area (Å²) in [7, 11) is 0. The molecule has 0 saturated heterocycles. The van der Waals surface area contributed by atoms with Crippen molar-refractivity contribution in [2.75, 3.05) is 0 Å². The second-order valence-corrected chi connectivity index (χ2v) is 5.26. The van der Waals surface area contributed by atoms with E-state index in [1.807, 2.05) is 30.3 Å². The van der Waals surface area contributed by atoms with Crippen molar-refractivity contribution >= 4 is 27.1 Å². The summed E-state index contributed by atoms with van der Waals surface area (Å²) in [6.45, 7) is 0. The summed E-state index contributed by atoms with van der Waals surface area (Å²) in [6.07, 6.45) is 0. The maximum Gasteiger partial charge on any atom is 0.284 e. The fraction of sp³-hybridized carbons (Fsp3) is 0. The summed E-state index contributed by atoms with van der Waals surface area (Å²) in [4.78, 5) is 11.4. The second-order valence-electron chi connectivity index (χ2n) is 4.17. The number of nitro benzene ring substituents is 1. The van der Waals surface area contributed by atoms with Crippen molar-refractivity contribution in [1.82, 2.24) is 0 Å². The quantitative estimate of drug-likeness (QED) is 0.380. The molecule has 2 aromatic carbocycles. The number of nitro groups is 1. The Morgan fingerprint density at radius 3 is 2.55 bits per heavy atom. The van der Waals surface area contributed by atoms with E-state index in [1.165, 1.54) is 10.8 Å². The van der Waals surface area contributed by atoms with Crippen molar-refractivity contribution in [1.29, 1.82) is 0 Å². The summed E-state index contributed by atoms with van der Waals surface area (Å²) in [6, 6.07) is 16.6. The summed E-state index contributed by atoms with van der Waals surface area (Å²) in [5, 5.41) is 12.1. The molecule has 0 bridgehead atoms. The van der Waals surface area contributed by atoms with Gasteiger partial charge in [-0.25, -0.2) is 0 Å². The molecule has 0 fully saturated rings. The Bertz CT molecular complexity index is 822. The van der Waals surface area contributed by atoms with Crippen molar-refractivity contribution in [3.05, 3.63) is 75.2 Å². The van der Waals surface area contributed by atoms with E-state index < -0.39 is 4.92 Å². The topological polar surface area (TPSA) is 43.1 Å². The Kier molecular flexibility index (Phi) is 3.20. The van der Waals surface area contributed by atoms with Gasteiger partial charge in [0.2, 0.25) is 0 Å². The number of nitrogens with zero attached hydrogens (tertiary/aromatic N) is 1. The highest BCUT2D eigenvalue weighted by Gasteiger charge is 2.09. The van der Waals surface area contributed by atoms with Gasteiger partial charge in [0.15, 0.2) is 0 Å². The number of hydrogen-bond acceptors (Lipinski definition) is 3. The molecule has 0 amide bonds. The van der Waals surface area contributed by atoms with Crippen molar-refractivity contribution in [2.45, 2.75) is 0 Å². The van der Waals surface area contributed by atoms with Crippen LogP contribution < -0.4 is 0 Å². The summed E-state index contributed by atoms with van der Waals surface area (Å²) >= 11 is 1.59. The molecule has 0 aliphatic carbocycles. The fourth-order valence-corrected chi connectivity index (χ4v) is 2.83. The van der Waals surface area contributed by atoms with Gasteiger partial charge in [-0.15, -0.1) is 11.3 Å². The predicted octanol–water partition coefficient (Wildman–Crippen LogP) is 4.21. The van der Waals surface area contributed by atoms with Crippen molar-refractivity contribution in [2.24, 2.45) is 0 Å². The minimum absolute atomic E-state index is 0.0427. The number of para-hydroxylation sites is 1. The number of thiophene rings is 1. The Balaban J connectivity index is 2.01. The van der Waals surface area contributed by atoms with E-state index in [0.29, 0.717) is 5.56 Å². The summed E-state index contributed by atoms with van der Waals surface area (Å²) < 4.78 is 1.17. The fourth-order valence-electron chi connectivity index (χ4n) is 1.91. The molecule has 96 valence electrons. The standard InChI is InChI=1S/C16H9NO2S/c18-17(19)15-7-3-1-5-12(15)9-10-14-11-13-6-2-4-8-16(13)20-14/h1-8,11H. The summed E-state index contributed by atoms with van der Waals surface area (Å²) in [5.74, 6) is 5.90. The van der Waals surface area contributed by atoms with E-state index in [2.05, 4.69) is 11.8 Å². The van der Waals surface area contributed by atoms with Crippen LogP contribution in [-0.2, 0) is 0 Å². The number of benzene rings is 2. The van der Waals surface area contributed by atoms with Crippen LogP contribution in [0.5, 0.6) is 0 Å². The lowest BCUT2D eigenvalue weighted by Gasteiger charge is -1.93. The molecule has 0 atom stereocenters. The molecule has 0 spiro atoms. The van der Waals surface area contributed by atoms with Gasteiger partial charge >= 0.3 is 0 Å². The van der Waals surface area contributed by atoms with Gasteiger partial charge in [-0.05, 0) is 23.6 Å². The van der Waals surface area contributed by atoms with Crippen LogP contribution >= 0.6 is 11.3 Å². The lowest BCUT2D eigenvalue weighted by Crippen LogP contribution is -1.90. The minimum Gasteiger partial charge on any atom is -0.258 e. The zero-order chi connectivity index (χ0) is 13.9. The molecule has 0 unspecified atom stereocenters. The molecule has 3 nitrogen and oxygen atoms in total. The first kappa shape index (κ1) is 12.4. The zero-order valence-corrected chi connectivity index (χ0v) is 11.2. The molecule has 0 aliphatic heterocycles. The lowest BCUT2D eigenvalue weighted by molar-refractivity contribution is -0.385. The molecule has 1 aromatic heterocycles. The molecule has 3 aromatic rings. The smallest absolute Gasteiger partial charge is 0.258 e. The zero-order valence-electron chi connectivity index (χ0n) is 10.4. The highest BCUT2D eigenvalue weighted by Crippen LogP contribution is 2.24. The van der Waals surface area contributed by atoms with Gasteiger partial charge in [0.25, 0.3) is 5.69 Å². The van der Waals surface area contributed by atoms with Crippen molar-refractivity contribution < 1.29 is 4.92 Å². The van der Waals surface area contributed by atoms with Crippen LogP contribution in [0.3, 0.4) is 0 Å². The molecule has 1 heterocycles. The van der Waals surface area contributed by atoms with Gasteiger partial charge in [-0.3, -0.25) is 10.1 Å². The number of hydrogen-bond donors (Lipinski definition) is 0.